The van der Waals surface area contributed by atoms with Gasteiger partial charge in [0.25, 0.3) is 5.91 Å². The number of nitrogens with zero attached hydrogens (tertiary/aromatic N) is 2. The summed E-state index contributed by atoms with van der Waals surface area (Å²) in [6.07, 6.45) is 2.56. The Labute approximate surface area is 181 Å². The number of thioether (sulfide) groups is 1. The van der Waals surface area contributed by atoms with Gasteiger partial charge in [-0.15, -0.1) is 5.10 Å². The van der Waals surface area contributed by atoms with Crippen LogP contribution >= 0.6 is 11.8 Å². The van der Waals surface area contributed by atoms with Crippen molar-refractivity contribution in [2.75, 3.05) is 14.2 Å². The van der Waals surface area contributed by atoms with E-state index in [0.29, 0.717) is 17.1 Å². The number of halogens is 1. The molecule has 1 heterocycles. The van der Waals surface area contributed by atoms with Crippen molar-refractivity contribution in [3.63, 3.8) is 0 Å². The van der Waals surface area contributed by atoms with Gasteiger partial charge in [-0.25, -0.2) is 9.18 Å². The fraction of sp³-hybridized carbons (Fsp3) is 0.143. The summed E-state index contributed by atoms with van der Waals surface area (Å²) < 4.78 is 28.6. The molecule has 1 aliphatic rings. The van der Waals surface area contributed by atoms with Crippen LogP contribution in [0.2, 0.25) is 0 Å². The maximum Gasteiger partial charge on any atom is 0.331 e. The van der Waals surface area contributed by atoms with E-state index < -0.39 is 11.9 Å². The minimum absolute atomic E-state index is 0.168. The van der Waals surface area contributed by atoms with E-state index in [9.17, 15) is 14.0 Å². The molecule has 31 heavy (non-hydrogen) atoms. The lowest BCUT2D eigenvalue weighted by Crippen LogP contribution is -2.19. The van der Waals surface area contributed by atoms with Crippen LogP contribution in [0, 0.1) is 5.82 Å². The zero-order valence-corrected chi connectivity index (χ0v) is 17.4. The SMILES string of the molecule is COC(=O)/C=C1/S/C(=N\N=Cc2ccc(OC)c(OCc3ccc(F)cc3)c2)NC1=O. The monoisotopic (exact) mass is 443 g/mol. The van der Waals surface area contributed by atoms with Crippen molar-refractivity contribution in [2.45, 2.75) is 6.61 Å². The van der Waals surface area contributed by atoms with E-state index in [1.165, 1.54) is 32.6 Å². The Morgan fingerprint density at radius 3 is 2.65 bits per heavy atom. The Kier molecular flexibility index (Phi) is 7.39. The summed E-state index contributed by atoms with van der Waals surface area (Å²) in [7, 11) is 2.75. The second kappa shape index (κ2) is 10.4. The van der Waals surface area contributed by atoms with Crippen LogP contribution in [-0.2, 0) is 20.9 Å². The van der Waals surface area contributed by atoms with E-state index in [4.69, 9.17) is 9.47 Å². The van der Waals surface area contributed by atoms with E-state index >= 15 is 0 Å². The van der Waals surface area contributed by atoms with Crippen molar-refractivity contribution in [3.8, 4) is 11.5 Å². The lowest BCUT2D eigenvalue weighted by molar-refractivity contribution is -0.135. The average molecular weight is 443 g/mol. The molecule has 8 nitrogen and oxygen atoms in total. The van der Waals surface area contributed by atoms with Crippen LogP contribution in [0.4, 0.5) is 4.39 Å². The predicted octanol–water partition coefficient (Wildman–Crippen LogP) is 3.02. The van der Waals surface area contributed by atoms with Crippen LogP contribution in [0.3, 0.4) is 0 Å². The number of hydrogen-bond donors (Lipinski definition) is 1. The molecule has 0 aliphatic carbocycles. The highest BCUT2D eigenvalue weighted by molar-refractivity contribution is 8.18. The second-order valence-electron chi connectivity index (χ2n) is 6.06. The lowest BCUT2D eigenvalue weighted by atomic mass is 10.2. The zero-order valence-electron chi connectivity index (χ0n) is 16.6. The molecule has 0 aromatic heterocycles. The van der Waals surface area contributed by atoms with Gasteiger partial charge in [-0.2, -0.15) is 5.10 Å². The summed E-state index contributed by atoms with van der Waals surface area (Å²) in [5, 5.41) is 10.6. The Morgan fingerprint density at radius 1 is 1.16 bits per heavy atom. The van der Waals surface area contributed by atoms with E-state index in [-0.39, 0.29) is 22.5 Å². The molecule has 0 saturated carbocycles. The van der Waals surface area contributed by atoms with Crippen LogP contribution in [0.25, 0.3) is 0 Å². The van der Waals surface area contributed by atoms with Gasteiger partial charge in [0.15, 0.2) is 16.7 Å². The van der Waals surface area contributed by atoms with Crippen molar-refractivity contribution < 1.29 is 28.2 Å². The molecule has 0 bridgehead atoms. The summed E-state index contributed by atoms with van der Waals surface area (Å²) in [6.45, 7) is 0.234. The number of ether oxygens (including phenoxy) is 3. The number of nitrogens with one attached hydrogen (secondary N) is 1. The molecule has 3 rings (SSSR count). The fourth-order valence-corrected chi connectivity index (χ4v) is 3.16. The number of benzene rings is 2. The van der Waals surface area contributed by atoms with Gasteiger partial charge in [0, 0.05) is 6.08 Å². The van der Waals surface area contributed by atoms with Gasteiger partial charge >= 0.3 is 5.97 Å². The smallest absolute Gasteiger partial charge is 0.331 e. The lowest BCUT2D eigenvalue weighted by Gasteiger charge is -2.11. The fourth-order valence-electron chi connectivity index (χ4n) is 2.42. The molecular weight excluding hydrogens is 425 g/mol. The molecule has 1 amide bonds. The topological polar surface area (TPSA) is 98.6 Å². The molecule has 1 fully saturated rings. The van der Waals surface area contributed by atoms with Crippen LogP contribution in [0.5, 0.6) is 11.5 Å². The zero-order chi connectivity index (χ0) is 22.2. The van der Waals surface area contributed by atoms with Gasteiger partial charge in [0.2, 0.25) is 0 Å². The van der Waals surface area contributed by atoms with Crippen LogP contribution in [0.1, 0.15) is 11.1 Å². The molecule has 0 unspecified atom stereocenters. The Balaban J connectivity index is 1.68. The third-order valence-electron chi connectivity index (χ3n) is 3.95. The minimum atomic E-state index is -0.631. The van der Waals surface area contributed by atoms with Crippen molar-refractivity contribution >= 4 is 35.0 Å². The first-order valence-electron chi connectivity index (χ1n) is 8.93. The van der Waals surface area contributed by atoms with Crippen molar-refractivity contribution in [3.05, 3.63) is 70.4 Å². The normalized spacial score (nSPS) is 16.0. The van der Waals surface area contributed by atoms with Gasteiger partial charge in [0.1, 0.15) is 12.4 Å². The Hall–Kier alpha value is -3.66. The number of carbonyl (C=O) groups excluding carboxylic acids is 2. The largest absolute Gasteiger partial charge is 0.493 e. The number of hydrogen-bond acceptors (Lipinski definition) is 8. The summed E-state index contributed by atoms with van der Waals surface area (Å²) in [4.78, 5) is 23.2. The quantitative estimate of drug-likeness (QED) is 0.306. The number of amides is 1. The number of methoxy groups -OCH3 is 2. The number of carbonyl (C=O) groups is 2. The average Bonchev–Trinajstić information content (AvgIpc) is 3.12. The summed E-state index contributed by atoms with van der Waals surface area (Å²) in [5.74, 6) is -0.387. The molecule has 1 saturated heterocycles. The van der Waals surface area contributed by atoms with Crippen molar-refractivity contribution in [1.82, 2.24) is 5.32 Å². The van der Waals surface area contributed by atoms with Crippen molar-refractivity contribution in [2.24, 2.45) is 10.2 Å². The van der Waals surface area contributed by atoms with Gasteiger partial charge < -0.3 is 14.2 Å². The van der Waals surface area contributed by atoms with Crippen LogP contribution in [0.15, 0.2) is 63.6 Å². The highest BCUT2D eigenvalue weighted by atomic mass is 32.2. The third kappa shape index (κ3) is 6.16. The number of rotatable bonds is 7. The Bertz CT molecular complexity index is 1070. The second-order valence-corrected chi connectivity index (χ2v) is 7.09. The summed E-state index contributed by atoms with van der Waals surface area (Å²) in [5.41, 5.74) is 1.48. The van der Waals surface area contributed by atoms with Crippen LogP contribution < -0.4 is 14.8 Å². The molecule has 1 N–H and O–H groups in total. The van der Waals surface area contributed by atoms with Gasteiger partial charge in [-0.3, -0.25) is 10.1 Å². The number of esters is 1. The Morgan fingerprint density at radius 2 is 1.94 bits per heavy atom. The highest BCUT2D eigenvalue weighted by Gasteiger charge is 2.25. The summed E-state index contributed by atoms with van der Waals surface area (Å²) in [6, 6.07) is 11.2. The highest BCUT2D eigenvalue weighted by Crippen LogP contribution is 2.28. The molecule has 1 aliphatic heterocycles. The maximum absolute atomic E-state index is 13.0. The van der Waals surface area contributed by atoms with E-state index in [2.05, 4.69) is 20.3 Å². The maximum atomic E-state index is 13.0. The third-order valence-corrected chi connectivity index (χ3v) is 4.85. The van der Waals surface area contributed by atoms with Gasteiger partial charge in [0.05, 0.1) is 25.3 Å². The minimum Gasteiger partial charge on any atom is -0.493 e. The van der Waals surface area contributed by atoms with E-state index in [0.717, 1.165) is 23.4 Å². The van der Waals surface area contributed by atoms with Crippen molar-refractivity contribution in [1.29, 1.82) is 0 Å². The molecule has 0 atom stereocenters. The van der Waals surface area contributed by atoms with E-state index in [1.54, 1.807) is 30.3 Å². The molecule has 2 aromatic rings. The molecule has 0 radical (unpaired) electrons. The molecule has 160 valence electrons. The molecule has 0 spiro atoms. The summed E-state index contributed by atoms with van der Waals surface area (Å²) >= 11 is 0.978. The first-order valence-corrected chi connectivity index (χ1v) is 9.75. The molecule has 2 aromatic carbocycles. The molecular formula is C21H18FN3O5S. The first kappa shape index (κ1) is 22.0. The standard InChI is InChI=1S/C21H18FN3O5S/c1-28-16-8-5-14(9-17(16)30-12-13-3-6-15(22)7-4-13)11-23-25-21-24-20(27)18(31-21)10-19(26)29-2/h3-11H,12H2,1-2H3,(H,24,25,27)/b18-10+,23-11?. The van der Waals surface area contributed by atoms with E-state index in [1.807, 2.05) is 0 Å². The predicted molar refractivity (Wildman–Crippen MR) is 115 cm³/mol. The van der Waals surface area contributed by atoms with Gasteiger partial charge in [-0.1, -0.05) is 12.1 Å². The van der Waals surface area contributed by atoms with Crippen LogP contribution in [-0.4, -0.2) is 37.5 Å². The first-order chi connectivity index (χ1) is 15.0. The van der Waals surface area contributed by atoms with Gasteiger partial charge in [-0.05, 0) is 53.2 Å². The number of amidine groups is 1. The molecule has 10 heteroatoms.